The van der Waals surface area contributed by atoms with Gasteiger partial charge >= 0.3 is 5.97 Å². The van der Waals surface area contributed by atoms with Gasteiger partial charge in [0.2, 0.25) is 0 Å². The van der Waals surface area contributed by atoms with E-state index in [1.165, 1.54) is 0 Å². The van der Waals surface area contributed by atoms with Gasteiger partial charge in [-0.3, -0.25) is 9.59 Å². The first kappa shape index (κ1) is 15.2. The first-order chi connectivity index (χ1) is 8.42. The quantitative estimate of drug-likeness (QED) is 0.826. The number of hydrogen-bond donors (Lipinski definition) is 2. The second-order valence-electron chi connectivity index (χ2n) is 3.83. The molecule has 0 radical (unpaired) electrons. The molecule has 0 aromatic heterocycles. The van der Waals surface area contributed by atoms with Crippen molar-refractivity contribution in [1.29, 1.82) is 0 Å². The number of carboxylic acids is 1. The standard InChI is InChI=1S/C12H13Br2NO3/c1-2-10(6-11(16)17)15-12(18)7-3-8(13)5-9(14)4-7/h3-5,10H,2,6H2,1H3,(H,15,18)(H,16,17). The summed E-state index contributed by atoms with van der Waals surface area (Å²) >= 11 is 6.60. The predicted octanol–water partition coefficient (Wildman–Crippen LogP) is 3.19. The van der Waals surface area contributed by atoms with Crippen LogP contribution in [0.15, 0.2) is 27.1 Å². The number of hydrogen-bond acceptors (Lipinski definition) is 2. The third-order valence-corrected chi connectivity index (χ3v) is 3.29. The van der Waals surface area contributed by atoms with Gasteiger partial charge in [0.15, 0.2) is 0 Å². The van der Waals surface area contributed by atoms with Crippen LogP contribution in [0.4, 0.5) is 0 Å². The second-order valence-corrected chi connectivity index (χ2v) is 5.67. The molecular formula is C12H13Br2NO3. The molecule has 0 aliphatic carbocycles. The molecule has 1 rings (SSSR count). The molecule has 0 saturated carbocycles. The van der Waals surface area contributed by atoms with E-state index in [0.717, 1.165) is 8.95 Å². The number of benzene rings is 1. The Bertz CT molecular complexity index is 442. The van der Waals surface area contributed by atoms with E-state index in [1.807, 2.05) is 13.0 Å². The Balaban J connectivity index is 2.77. The van der Waals surface area contributed by atoms with E-state index < -0.39 is 5.97 Å². The van der Waals surface area contributed by atoms with Gasteiger partial charge in [0.1, 0.15) is 0 Å². The van der Waals surface area contributed by atoms with Crippen molar-refractivity contribution >= 4 is 43.7 Å². The van der Waals surface area contributed by atoms with Crippen molar-refractivity contribution in [3.05, 3.63) is 32.7 Å². The summed E-state index contributed by atoms with van der Waals surface area (Å²) in [5.74, 6) is -1.19. The van der Waals surface area contributed by atoms with Gasteiger partial charge in [-0.25, -0.2) is 0 Å². The summed E-state index contributed by atoms with van der Waals surface area (Å²) < 4.78 is 1.57. The van der Waals surface area contributed by atoms with E-state index in [-0.39, 0.29) is 18.4 Å². The predicted molar refractivity (Wildman–Crippen MR) is 75.6 cm³/mol. The molecule has 0 spiro atoms. The Labute approximate surface area is 122 Å². The lowest BCUT2D eigenvalue weighted by Gasteiger charge is -2.15. The summed E-state index contributed by atoms with van der Waals surface area (Å²) in [5.41, 5.74) is 0.486. The molecule has 0 heterocycles. The molecule has 0 fully saturated rings. The van der Waals surface area contributed by atoms with Crippen LogP contribution in [0.1, 0.15) is 30.1 Å². The summed E-state index contributed by atoms with van der Waals surface area (Å²) in [6, 6.07) is 4.85. The molecule has 1 unspecified atom stereocenters. The van der Waals surface area contributed by atoms with Gasteiger partial charge < -0.3 is 10.4 Å². The normalized spacial score (nSPS) is 11.9. The maximum atomic E-state index is 12.0. The second kappa shape index (κ2) is 6.89. The van der Waals surface area contributed by atoms with E-state index in [2.05, 4.69) is 37.2 Å². The van der Waals surface area contributed by atoms with Crippen molar-refractivity contribution in [2.75, 3.05) is 0 Å². The summed E-state index contributed by atoms with van der Waals surface area (Å²) in [6.07, 6.45) is 0.505. The molecule has 0 saturated heterocycles. The first-order valence-corrected chi connectivity index (χ1v) is 6.99. The molecule has 1 aromatic rings. The fraction of sp³-hybridized carbons (Fsp3) is 0.333. The fourth-order valence-corrected chi connectivity index (χ4v) is 2.76. The van der Waals surface area contributed by atoms with Gasteiger partial charge in [-0.2, -0.15) is 0 Å². The molecule has 1 aromatic carbocycles. The Morgan fingerprint density at radius 3 is 2.28 bits per heavy atom. The Kier molecular flexibility index (Phi) is 5.81. The highest BCUT2D eigenvalue weighted by Gasteiger charge is 2.15. The van der Waals surface area contributed by atoms with Crippen LogP contribution in [0.25, 0.3) is 0 Å². The molecule has 1 amide bonds. The number of halogens is 2. The van der Waals surface area contributed by atoms with Crippen molar-refractivity contribution < 1.29 is 14.7 Å². The van der Waals surface area contributed by atoms with E-state index in [9.17, 15) is 9.59 Å². The number of carbonyl (C=O) groups excluding carboxylic acids is 1. The van der Waals surface area contributed by atoms with Gasteiger partial charge in [-0.15, -0.1) is 0 Å². The van der Waals surface area contributed by atoms with Crippen molar-refractivity contribution in [2.24, 2.45) is 0 Å². The van der Waals surface area contributed by atoms with Crippen molar-refractivity contribution in [1.82, 2.24) is 5.32 Å². The van der Waals surface area contributed by atoms with Crippen molar-refractivity contribution in [3.8, 4) is 0 Å². The third kappa shape index (κ3) is 4.78. The highest BCUT2D eigenvalue weighted by molar-refractivity contribution is 9.11. The van der Waals surface area contributed by atoms with Gasteiger partial charge in [-0.1, -0.05) is 38.8 Å². The zero-order chi connectivity index (χ0) is 13.7. The Morgan fingerprint density at radius 1 is 1.28 bits per heavy atom. The average molecular weight is 379 g/mol. The maximum absolute atomic E-state index is 12.0. The molecule has 4 nitrogen and oxygen atoms in total. The van der Waals surface area contributed by atoms with E-state index in [4.69, 9.17) is 5.11 Å². The summed E-state index contributed by atoms with van der Waals surface area (Å²) in [5, 5.41) is 11.4. The monoisotopic (exact) mass is 377 g/mol. The minimum atomic E-state index is -0.919. The number of carboxylic acid groups (broad SMARTS) is 1. The van der Waals surface area contributed by atoms with Crippen LogP contribution >= 0.6 is 31.9 Å². The van der Waals surface area contributed by atoms with Crippen LogP contribution in [0, 0.1) is 0 Å². The molecule has 0 aliphatic heterocycles. The first-order valence-electron chi connectivity index (χ1n) is 5.41. The molecule has 0 bridgehead atoms. The van der Waals surface area contributed by atoms with E-state index in [0.29, 0.717) is 12.0 Å². The molecule has 6 heteroatoms. The zero-order valence-corrected chi connectivity index (χ0v) is 12.9. The van der Waals surface area contributed by atoms with Crippen molar-refractivity contribution in [3.63, 3.8) is 0 Å². The maximum Gasteiger partial charge on any atom is 0.305 e. The molecule has 1 atom stereocenters. The molecule has 0 aliphatic rings. The summed E-state index contributed by atoms with van der Waals surface area (Å²) in [4.78, 5) is 22.6. The Morgan fingerprint density at radius 2 is 1.83 bits per heavy atom. The van der Waals surface area contributed by atoms with Crippen LogP contribution in [-0.2, 0) is 4.79 Å². The Hall–Kier alpha value is -0.880. The number of amides is 1. The van der Waals surface area contributed by atoms with Crippen LogP contribution in [-0.4, -0.2) is 23.0 Å². The van der Waals surface area contributed by atoms with Crippen LogP contribution in [0.2, 0.25) is 0 Å². The average Bonchev–Trinajstić information content (AvgIpc) is 2.26. The van der Waals surface area contributed by atoms with E-state index in [1.54, 1.807) is 12.1 Å². The van der Waals surface area contributed by atoms with Gasteiger partial charge in [0, 0.05) is 20.6 Å². The van der Waals surface area contributed by atoms with Gasteiger partial charge in [0.05, 0.1) is 6.42 Å². The fourth-order valence-electron chi connectivity index (χ4n) is 1.46. The van der Waals surface area contributed by atoms with Crippen molar-refractivity contribution in [2.45, 2.75) is 25.8 Å². The van der Waals surface area contributed by atoms with E-state index >= 15 is 0 Å². The topological polar surface area (TPSA) is 66.4 Å². The number of rotatable bonds is 5. The lowest BCUT2D eigenvalue weighted by atomic mass is 10.1. The lowest BCUT2D eigenvalue weighted by molar-refractivity contribution is -0.137. The number of aliphatic carboxylic acids is 1. The minimum absolute atomic E-state index is 0.0720. The van der Waals surface area contributed by atoms with Crippen LogP contribution in [0.5, 0.6) is 0 Å². The largest absolute Gasteiger partial charge is 0.481 e. The SMILES string of the molecule is CCC(CC(=O)O)NC(=O)c1cc(Br)cc(Br)c1. The number of nitrogens with one attached hydrogen (secondary N) is 1. The molecular weight excluding hydrogens is 366 g/mol. The summed E-state index contributed by atoms with van der Waals surface area (Å²) in [6.45, 7) is 1.84. The highest BCUT2D eigenvalue weighted by Crippen LogP contribution is 2.20. The minimum Gasteiger partial charge on any atom is -0.481 e. The van der Waals surface area contributed by atoms with Gasteiger partial charge in [-0.05, 0) is 24.6 Å². The summed E-state index contributed by atoms with van der Waals surface area (Å²) in [7, 11) is 0. The molecule has 18 heavy (non-hydrogen) atoms. The zero-order valence-electron chi connectivity index (χ0n) is 9.74. The third-order valence-electron chi connectivity index (χ3n) is 2.37. The molecule has 98 valence electrons. The smallest absolute Gasteiger partial charge is 0.305 e. The number of carbonyl (C=O) groups is 2. The van der Waals surface area contributed by atoms with Gasteiger partial charge in [0.25, 0.3) is 5.91 Å². The highest BCUT2D eigenvalue weighted by atomic mass is 79.9. The lowest BCUT2D eigenvalue weighted by Crippen LogP contribution is -2.36. The van der Waals surface area contributed by atoms with Crippen LogP contribution < -0.4 is 5.32 Å². The molecule has 2 N–H and O–H groups in total. The van der Waals surface area contributed by atoms with Crippen LogP contribution in [0.3, 0.4) is 0 Å².